The standard InChI is InChI=1S/C15H24N2O3/c1-16-10-15(20-9-14(16)19)6-7-17(11-15)13(18)8-12-4-2-3-5-12/h12H,2-11H2,1H3/t15-/m1/s1. The predicted octanol–water partition coefficient (Wildman–Crippen LogP) is 1.03. The molecule has 2 saturated heterocycles. The number of morpholine rings is 1. The lowest BCUT2D eigenvalue weighted by molar-refractivity contribution is -0.159. The molecular formula is C15H24N2O3. The van der Waals surface area contributed by atoms with Crippen LogP contribution in [-0.2, 0) is 14.3 Å². The molecule has 0 N–H and O–H groups in total. The Morgan fingerprint density at radius 2 is 2.10 bits per heavy atom. The number of rotatable bonds is 2. The van der Waals surface area contributed by atoms with Crippen LogP contribution in [0.3, 0.4) is 0 Å². The topological polar surface area (TPSA) is 49.9 Å². The van der Waals surface area contributed by atoms with E-state index >= 15 is 0 Å². The van der Waals surface area contributed by atoms with Gasteiger partial charge in [0.25, 0.3) is 0 Å². The Morgan fingerprint density at radius 3 is 2.80 bits per heavy atom. The van der Waals surface area contributed by atoms with Crippen molar-refractivity contribution in [1.82, 2.24) is 9.80 Å². The van der Waals surface area contributed by atoms with E-state index in [1.165, 1.54) is 25.7 Å². The lowest BCUT2D eigenvalue weighted by Gasteiger charge is -2.38. The van der Waals surface area contributed by atoms with Gasteiger partial charge in [0.15, 0.2) is 0 Å². The number of nitrogens with zero attached hydrogens (tertiary/aromatic N) is 2. The van der Waals surface area contributed by atoms with Gasteiger partial charge in [0.1, 0.15) is 12.2 Å². The van der Waals surface area contributed by atoms with Crippen molar-refractivity contribution in [3.63, 3.8) is 0 Å². The van der Waals surface area contributed by atoms with E-state index in [9.17, 15) is 9.59 Å². The molecule has 3 rings (SSSR count). The molecule has 112 valence electrons. The van der Waals surface area contributed by atoms with E-state index in [2.05, 4.69) is 0 Å². The third-order valence-corrected chi connectivity index (χ3v) is 5.06. The second-order valence-electron chi connectivity index (χ2n) is 6.64. The molecule has 20 heavy (non-hydrogen) atoms. The SMILES string of the molecule is CN1C[C@@]2(CCN(C(=O)CC3CCCC3)C2)OCC1=O. The maximum atomic E-state index is 12.4. The lowest BCUT2D eigenvalue weighted by atomic mass is 10.0. The highest BCUT2D eigenvalue weighted by Gasteiger charge is 2.45. The van der Waals surface area contributed by atoms with Gasteiger partial charge in [0.2, 0.25) is 11.8 Å². The predicted molar refractivity (Wildman–Crippen MR) is 74.1 cm³/mol. The number of hydrogen-bond donors (Lipinski definition) is 0. The number of carbonyl (C=O) groups is 2. The van der Waals surface area contributed by atoms with Crippen molar-refractivity contribution in [3.8, 4) is 0 Å². The molecule has 2 heterocycles. The molecule has 0 unspecified atom stereocenters. The monoisotopic (exact) mass is 280 g/mol. The molecule has 1 atom stereocenters. The Balaban J connectivity index is 1.56. The van der Waals surface area contributed by atoms with Crippen LogP contribution < -0.4 is 0 Å². The molecule has 2 amide bonds. The van der Waals surface area contributed by atoms with Crippen LogP contribution in [0.2, 0.25) is 0 Å². The van der Waals surface area contributed by atoms with Crippen LogP contribution in [0.25, 0.3) is 0 Å². The summed E-state index contributed by atoms with van der Waals surface area (Å²) in [6.07, 6.45) is 6.51. The summed E-state index contributed by atoms with van der Waals surface area (Å²) < 4.78 is 5.77. The number of amides is 2. The molecule has 0 aromatic rings. The quantitative estimate of drug-likeness (QED) is 0.759. The van der Waals surface area contributed by atoms with Gasteiger partial charge in [-0.1, -0.05) is 12.8 Å². The Hall–Kier alpha value is -1.10. The summed E-state index contributed by atoms with van der Waals surface area (Å²) in [5.41, 5.74) is -0.312. The highest BCUT2D eigenvalue weighted by Crippen LogP contribution is 2.32. The Bertz CT molecular complexity index is 406. The van der Waals surface area contributed by atoms with Crippen LogP contribution >= 0.6 is 0 Å². The van der Waals surface area contributed by atoms with Gasteiger partial charge in [-0.05, 0) is 25.2 Å². The molecule has 5 heteroatoms. The first-order valence-corrected chi connectivity index (χ1v) is 7.74. The zero-order valence-electron chi connectivity index (χ0n) is 12.3. The molecular weight excluding hydrogens is 256 g/mol. The molecule has 3 aliphatic rings. The fourth-order valence-corrected chi connectivity index (χ4v) is 3.79. The van der Waals surface area contributed by atoms with Crippen molar-refractivity contribution in [2.24, 2.45) is 5.92 Å². The van der Waals surface area contributed by atoms with E-state index in [0.717, 1.165) is 13.0 Å². The molecule has 0 aromatic carbocycles. The summed E-state index contributed by atoms with van der Waals surface area (Å²) in [7, 11) is 1.82. The van der Waals surface area contributed by atoms with E-state index < -0.39 is 0 Å². The zero-order valence-corrected chi connectivity index (χ0v) is 12.3. The van der Waals surface area contributed by atoms with Gasteiger partial charge in [-0.3, -0.25) is 9.59 Å². The van der Waals surface area contributed by atoms with Crippen LogP contribution in [0.5, 0.6) is 0 Å². The minimum Gasteiger partial charge on any atom is -0.361 e. The second kappa shape index (κ2) is 5.35. The number of hydrogen-bond acceptors (Lipinski definition) is 3. The maximum absolute atomic E-state index is 12.4. The minimum atomic E-state index is -0.312. The summed E-state index contributed by atoms with van der Waals surface area (Å²) >= 11 is 0. The average Bonchev–Trinajstić information content (AvgIpc) is 3.05. The lowest BCUT2D eigenvalue weighted by Crippen LogP contribution is -2.54. The van der Waals surface area contributed by atoms with E-state index in [-0.39, 0.29) is 24.0 Å². The molecule has 2 aliphatic heterocycles. The van der Waals surface area contributed by atoms with Gasteiger partial charge in [-0.15, -0.1) is 0 Å². The van der Waals surface area contributed by atoms with Crippen molar-refractivity contribution < 1.29 is 14.3 Å². The molecule has 5 nitrogen and oxygen atoms in total. The van der Waals surface area contributed by atoms with E-state index in [0.29, 0.717) is 25.4 Å². The molecule has 1 spiro atoms. The first-order chi connectivity index (χ1) is 9.58. The number of likely N-dealkylation sites (N-methyl/N-ethyl adjacent to an activating group) is 1. The third kappa shape index (κ3) is 2.68. The number of likely N-dealkylation sites (tertiary alicyclic amines) is 1. The highest BCUT2D eigenvalue weighted by molar-refractivity contribution is 5.79. The molecule has 0 radical (unpaired) electrons. The van der Waals surface area contributed by atoms with E-state index in [1.807, 2.05) is 11.9 Å². The van der Waals surface area contributed by atoms with Gasteiger partial charge in [-0.2, -0.15) is 0 Å². The van der Waals surface area contributed by atoms with Crippen molar-refractivity contribution in [1.29, 1.82) is 0 Å². The van der Waals surface area contributed by atoms with Gasteiger partial charge in [0.05, 0.1) is 13.1 Å². The van der Waals surface area contributed by atoms with Gasteiger partial charge in [0, 0.05) is 20.0 Å². The van der Waals surface area contributed by atoms with Gasteiger partial charge >= 0.3 is 0 Å². The minimum absolute atomic E-state index is 0.0337. The fraction of sp³-hybridized carbons (Fsp3) is 0.867. The van der Waals surface area contributed by atoms with E-state index in [4.69, 9.17) is 4.74 Å². The maximum Gasteiger partial charge on any atom is 0.248 e. The number of carbonyl (C=O) groups excluding carboxylic acids is 2. The summed E-state index contributed by atoms with van der Waals surface area (Å²) in [6, 6.07) is 0. The fourth-order valence-electron chi connectivity index (χ4n) is 3.79. The zero-order chi connectivity index (χ0) is 14.2. The highest BCUT2D eigenvalue weighted by atomic mass is 16.5. The van der Waals surface area contributed by atoms with Crippen LogP contribution in [0.4, 0.5) is 0 Å². The molecule has 0 aromatic heterocycles. The van der Waals surface area contributed by atoms with Crippen molar-refractivity contribution in [3.05, 3.63) is 0 Å². The largest absolute Gasteiger partial charge is 0.361 e. The average molecular weight is 280 g/mol. The summed E-state index contributed by atoms with van der Waals surface area (Å²) in [5, 5.41) is 0. The third-order valence-electron chi connectivity index (χ3n) is 5.06. The van der Waals surface area contributed by atoms with Crippen LogP contribution in [-0.4, -0.2) is 60.5 Å². The Morgan fingerprint density at radius 1 is 1.35 bits per heavy atom. The second-order valence-corrected chi connectivity index (χ2v) is 6.64. The Labute approximate surface area is 120 Å². The summed E-state index contributed by atoms with van der Waals surface area (Å²) in [6.45, 7) is 2.18. The Kier molecular flexibility index (Phi) is 3.71. The molecule has 1 saturated carbocycles. The normalized spacial score (nSPS) is 31.6. The van der Waals surface area contributed by atoms with Crippen LogP contribution in [0.15, 0.2) is 0 Å². The van der Waals surface area contributed by atoms with Crippen molar-refractivity contribution >= 4 is 11.8 Å². The van der Waals surface area contributed by atoms with Gasteiger partial charge in [-0.25, -0.2) is 0 Å². The van der Waals surface area contributed by atoms with Crippen molar-refractivity contribution in [2.45, 2.75) is 44.1 Å². The molecule has 3 fully saturated rings. The first-order valence-electron chi connectivity index (χ1n) is 7.74. The van der Waals surface area contributed by atoms with Crippen LogP contribution in [0.1, 0.15) is 38.5 Å². The smallest absolute Gasteiger partial charge is 0.248 e. The number of ether oxygens (including phenoxy) is 1. The molecule has 1 aliphatic carbocycles. The molecule has 0 bridgehead atoms. The summed E-state index contributed by atoms with van der Waals surface area (Å²) in [5.74, 6) is 0.902. The van der Waals surface area contributed by atoms with Crippen LogP contribution in [0, 0.1) is 5.92 Å². The van der Waals surface area contributed by atoms with E-state index in [1.54, 1.807) is 4.90 Å². The summed E-state index contributed by atoms with van der Waals surface area (Å²) in [4.78, 5) is 27.5. The first kappa shape index (κ1) is 13.9. The van der Waals surface area contributed by atoms with Gasteiger partial charge < -0.3 is 14.5 Å². The van der Waals surface area contributed by atoms with Crippen molar-refractivity contribution in [2.75, 3.05) is 33.3 Å².